The summed E-state index contributed by atoms with van der Waals surface area (Å²) in [5.74, 6) is -0.197. The fourth-order valence-electron chi connectivity index (χ4n) is 3.32. The molecule has 28 heavy (non-hydrogen) atoms. The summed E-state index contributed by atoms with van der Waals surface area (Å²) in [5, 5.41) is 5.62. The molecular formula is C23H25N3O2. The Labute approximate surface area is 165 Å². The number of anilines is 2. The van der Waals surface area contributed by atoms with Gasteiger partial charge in [-0.25, -0.2) is 0 Å². The highest BCUT2D eigenvalue weighted by Crippen LogP contribution is 2.22. The highest BCUT2D eigenvalue weighted by molar-refractivity contribution is 5.93. The van der Waals surface area contributed by atoms with E-state index in [9.17, 15) is 9.59 Å². The monoisotopic (exact) mass is 375 g/mol. The maximum Gasteiger partial charge on any atom is 0.228 e. The van der Waals surface area contributed by atoms with Crippen LogP contribution in [0.4, 0.5) is 11.4 Å². The number of benzene rings is 2. The zero-order valence-corrected chi connectivity index (χ0v) is 16.7. The number of aromatic nitrogens is 1. The molecular weight excluding hydrogens is 350 g/mol. The molecule has 1 heterocycles. The van der Waals surface area contributed by atoms with Crippen LogP contribution >= 0.6 is 0 Å². The third kappa shape index (κ3) is 4.49. The lowest BCUT2D eigenvalue weighted by Gasteiger charge is -2.11. The minimum atomic E-state index is -0.124. The molecule has 2 aromatic carbocycles. The van der Waals surface area contributed by atoms with Crippen molar-refractivity contribution in [2.24, 2.45) is 0 Å². The molecule has 0 radical (unpaired) electrons. The second-order valence-electron chi connectivity index (χ2n) is 7.05. The lowest BCUT2D eigenvalue weighted by molar-refractivity contribution is -0.116. The Morgan fingerprint density at radius 1 is 0.857 bits per heavy atom. The zero-order chi connectivity index (χ0) is 20.3. The van der Waals surface area contributed by atoms with Crippen LogP contribution in [0.1, 0.15) is 29.4 Å². The van der Waals surface area contributed by atoms with Gasteiger partial charge in [0.05, 0.1) is 6.42 Å². The molecule has 0 aliphatic rings. The first kappa shape index (κ1) is 19.4. The SMILES string of the molecule is CC(=O)Nc1ccc(NC(=O)Cc2cc(C)n(-c3ccc(C)cc3)c2C)cc1. The zero-order valence-electron chi connectivity index (χ0n) is 16.7. The van der Waals surface area contributed by atoms with Crippen molar-refractivity contribution in [1.82, 2.24) is 4.57 Å². The first-order chi connectivity index (χ1) is 13.3. The number of carbonyl (C=O) groups is 2. The maximum atomic E-state index is 12.5. The van der Waals surface area contributed by atoms with E-state index in [-0.39, 0.29) is 11.8 Å². The normalized spacial score (nSPS) is 10.6. The van der Waals surface area contributed by atoms with Crippen molar-refractivity contribution in [3.8, 4) is 5.69 Å². The summed E-state index contributed by atoms with van der Waals surface area (Å²) in [4.78, 5) is 23.6. The van der Waals surface area contributed by atoms with Gasteiger partial charge in [-0.15, -0.1) is 0 Å². The number of hydrogen-bond acceptors (Lipinski definition) is 2. The number of aryl methyl sites for hydroxylation is 2. The van der Waals surface area contributed by atoms with Crippen LogP contribution in [-0.2, 0) is 16.0 Å². The molecule has 0 fully saturated rings. The standard InChI is InChI=1S/C23H25N3O2/c1-15-5-11-22(12-6-15)26-16(2)13-19(17(26)3)14-23(28)25-21-9-7-20(8-10-21)24-18(4)27/h5-13H,14H2,1-4H3,(H,24,27)(H,25,28). The average molecular weight is 375 g/mol. The summed E-state index contributed by atoms with van der Waals surface area (Å²) in [6.07, 6.45) is 0.305. The van der Waals surface area contributed by atoms with Gasteiger partial charge in [-0.3, -0.25) is 9.59 Å². The number of hydrogen-bond donors (Lipinski definition) is 2. The number of amides is 2. The van der Waals surface area contributed by atoms with Crippen LogP contribution in [0.2, 0.25) is 0 Å². The molecule has 0 spiro atoms. The van der Waals surface area contributed by atoms with Crippen molar-refractivity contribution in [2.75, 3.05) is 10.6 Å². The van der Waals surface area contributed by atoms with E-state index in [0.717, 1.165) is 22.6 Å². The predicted octanol–water partition coefficient (Wildman–Crippen LogP) is 4.54. The van der Waals surface area contributed by atoms with Gasteiger partial charge in [0, 0.05) is 35.4 Å². The lowest BCUT2D eigenvalue weighted by atomic mass is 10.1. The number of nitrogens with zero attached hydrogens (tertiary/aromatic N) is 1. The van der Waals surface area contributed by atoms with Crippen molar-refractivity contribution in [1.29, 1.82) is 0 Å². The Morgan fingerprint density at radius 3 is 2.00 bits per heavy atom. The summed E-state index contributed by atoms with van der Waals surface area (Å²) < 4.78 is 2.17. The largest absolute Gasteiger partial charge is 0.326 e. The van der Waals surface area contributed by atoms with Gasteiger partial charge in [0.15, 0.2) is 0 Å². The van der Waals surface area contributed by atoms with Crippen molar-refractivity contribution in [3.05, 3.63) is 77.1 Å². The topological polar surface area (TPSA) is 63.1 Å². The highest BCUT2D eigenvalue weighted by atomic mass is 16.2. The molecule has 0 aliphatic heterocycles. The number of carbonyl (C=O) groups excluding carboxylic acids is 2. The molecule has 5 heteroatoms. The third-order valence-corrected chi connectivity index (χ3v) is 4.67. The van der Waals surface area contributed by atoms with Crippen LogP contribution in [0.3, 0.4) is 0 Å². The number of rotatable bonds is 5. The molecule has 2 amide bonds. The van der Waals surface area contributed by atoms with E-state index in [1.807, 2.05) is 6.92 Å². The Hall–Kier alpha value is -3.34. The summed E-state index contributed by atoms with van der Waals surface area (Å²) in [5.41, 5.74) is 6.89. The first-order valence-corrected chi connectivity index (χ1v) is 9.26. The van der Waals surface area contributed by atoms with Crippen LogP contribution in [-0.4, -0.2) is 16.4 Å². The quantitative estimate of drug-likeness (QED) is 0.687. The van der Waals surface area contributed by atoms with Gasteiger partial charge in [-0.1, -0.05) is 17.7 Å². The Morgan fingerprint density at radius 2 is 1.43 bits per heavy atom. The molecule has 0 aliphatic carbocycles. The molecule has 1 aromatic heterocycles. The second kappa shape index (κ2) is 8.13. The molecule has 0 atom stereocenters. The molecule has 0 unspecified atom stereocenters. The van der Waals surface area contributed by atoms with Crippen molar-refractivity contribution < 1.29 is 9.59 Å². The van der Waals surface area contributed by atoms with E-state index in [0.29, 0.717) is 17.8 Å². The fraction of sp³-hybridized carbons (Fsp3) is 0.217. The minimum Gasteiger partial charge on any atom is -0.326 e. The van der Waals surface area contributed by atoms with E-state index in [1.54, 1.807) is 24.3 Å². The van der Waals surface area contributed by atoms with Crippen LogP contribution in [0.15, 0.2) is 54.6 Å². The van der Waals surface area contributed by atoms with Crippen molar-refractivity contribution >= 4 is 23.2 Å². The Balaban J connectivity index is 1.71. The minimum absolute atomic E-state index is 0.0727. The van der Waals surface area contributed by atoms with Crippen LogP contribution in [0.25, 0.3) is 5.69 Å². The molecule has 5 nitrogen and oxygen atoms in total. The smallest absolute Gasteiger partial charge is 0.228 e. The van der Waals surface area contributed by atoms with E-state index < -0.39 is 0 Å². The summed E-state index contributed by atoms with van der Waals surface area (Å²) in [6, 6.07) is 17.5. The Kier molecular flexibility index (Phi) is 5.64. The van der Waals surface area contributed by atoms with Crippen LogP contribution in [0.5, 0.6) is 0 Å². The van der Waals surface area contributed by atoms with Gasteiger partial charge >= 0.3 is 0 Å². The van der Waals surface area contributed by atoms with E-state index in [2.05, 4.69) is 59.4 Å². The molecule has 2 N–H and O–H groups in total. The van der Waals surface area contributed by atoms with Crippen LogP contribution in [0, 0.1) is 20.8 Å². The van der Waals surface area contributed by atoms with E-state index in [4.69, 9.17) is 0 Å². The maximum absolute atomic E-state index is 12.5. The van der Waals surface area contributed by atoms with E-state index in [1.165, 1.54) is 12.5 Å². The average Bonchev–Trinajstić information content (AvgIpc) is 2.90. The highest BCUT2D eigenvalue weighted by Gasteiger charge is 2.14. The molecule has 144 valence electrons. The summed E-state index contributed by atoms with van der Waals surface area (Å²) >= 11 is 0. The van der Waals surface area contributed by atoms with Gasteiger partial charge in [0.1, 0.15) is 0 Å². The van der Waals surface area contributed by atoms with Crippen molar-refractivity contribution in [3.63, 3.8) is 0 Å². The fourth-order valence-corrected chi connectivity index (χ4v) is 3.32. The van der Waals surface area contributed by atoms with E-state index >= 15 is 0 Å². The molecule has 0 bridgehead atoms. The van der Waals surface area contributed by atoms with Gasteiger partial charge in [0.2, 0.25) is 11.8 Å². The first-order valence-electron chi connectivity index (χ1n) is 9.26. The van der Waals surface area contributed by atoms with Gasteiger partial charge < -0.3 is 15.2 Å². The Bertz CT molecular complexity index is 1000. The molecule has 3 rings (SSSR count). The van der Waals surface area contributed by atoms with Crippen molar-refractivity contribution in [2.45, 2.75) is 34.1 Å². The van der Waals surface area contributed by atoms with Crippen LogP contribution < -0.4 is 10.6 Å². The number of nitrogens with one attached hydrogen (secondary N) is 2. The second-order valence-corrected chi connectivity index (χ2v) is 7.05. The molecule has 0 saturated carbocycles. The third-order valence-electron chi connectivity index (χ3n) is 4.67. The summed E-state index contributed by atoms with van der Waals surface area (Å²) in [6.45, 7) is 7.62. The molecule has 0 saturated heterocycles. The lowest BCUT2D eigenvalue weighted by Crippen LogP contribution is -2.15. The summed E-state index contributed by atoms with van der Waals surface area (Å²) in [7, 11) is 0. The van der Waals surface area contributed by atoms with Gasteiger partial charge in [-0.05, 0) is 68.8 Å². The van der Waals surface area contributed by atoms with Gasteiger partial charge in [0.25, 0.3) is 0 Å². The predicted molar refractivity (Wildman–Crippen MR) is 113 cm³/mol. The van der Waals surface area contributed by atoms with Gasteiger partial charge in [-0.2, -0.15) is 0 Å². The molecule has 3 aromatic rings.